The maximum Gasteiger partial charge on any atom is 0.290 e. The molecule has 1 aliphatic rings. The zero-order valence-electron chi connectivity index (χ0n) is 13.8. The van der Waals surface area contributed by atoms with Crippen molar-refractivity contribution in [3.05, 3.63) is 46.7 Å². The molecular weight excluding hydrogens is 294 g/mol. The number of aliphatic hydroxyl groups is 1. The highest BCUT2D eigenvalue weighted by Crippen LogP contribution is 2.37. The topological polar surface area (TPSA) is 66.8 Å². The Morgan fingerprint density at radius 1 is 1.30 bits per heavy atom. The van der Waals surface area contributed by atoms with Gasteiger partial charge in [0.1, 0.15) is 0 Å². The van der Waals surface area contributed by atoms with Crippen LogP contribution in [0.5, 0.6) is 0 Å². The number of nitrogens with zero attached hydrogens (tertiary/aromatic N) is 1. The second-order valence-electron chi connectivity index (χ2n) is 5.66. The lowest BCUT2D eigenvalue weighted by molar-refractivity contribution is -0.129. The molecule has 0 bridgehead atoms. The van der Waals surface area contributed by atoms with Crippen molar-refractivity contribution in [2.24, 2.45) is 0 Å². The lowest BCUT2D eigenvalue weighted by Crippen LogP contribution is -2.32. The number of amides is 1. The summed E-state index contributed by atoms with van der Waals surface area (Å²) in [6.45, 7) is 4.39. The zero-order valence-corrected chi connectivity index (χ0v) is 13.8. The molecule has 1 heterocycles. The number of Topliss-reactive ketones (excluding diaryl/α,β-unsaturated/α-hetero) is 1. The lowest BCUT2D eigenvalue weighted by atomic mass is 9.95. The normalized spacial score (nSPS) is 18.0. The van der Waals surface area contributed by atoms with Crippen molar-refractivity contribution < 1.29 is 19.4 Å². The summed E-state index contributed by atoms with van der Waals surface area (Å²) < 4.78 is 5.03. The SMILES string of the molecule is CCc1ccc([C@@H]2C(C(C)=O)=C(O)C(=O)N2CCCOC)cc1. The molecule has 1 atom stereocenters. The van der Waals surface area contributed by atoms with Crippen molar-refractivity contribution in [1.82, 2.24) is 4.90 Å². The van der Waals surface area contributed by atoms with Crippen molar-refractivity contribution >= 4 is 11.7 Å². The summed E-state index contributed by atoms with van der Waals surface area (Å²) >= 11 is 0. The van der Waals surface area contributed by atoms with Crippen LogP contribution in [-0.4, -0.2) is 42.0 Å². The van der Waals surface area contributed by atoms with Gasteiger partial charge in [0.25, 0.3) is 5.91 Å². The number of aliphatic hydroxyl groups excluding tert-OH is 1. The molecule has 23 heavy (non-hydrogen) atoms. The van der Waals surface area contributed by atoms with Gasteiger partial charge in [0, 0.05) is 20.3 Å². The van der Waals surface area contributed by atoms with Gasteiger partial charge in [-0.3, -0.25) is 9.59 Å². The second-order valence-corrected chi connectivity index (χ2v) is 5.66. The minimum atomic E-state index is -0.525. The van der Waals surface area contributed by atoms with Gasteiger partial charge < -0.3 is 14.7 Å². The van der Waals surface area contributed by atoms with Crippen LogP contribution in [0.2, 0.25) is 0 Å². The molecule has 1 aromatic rings. The number of carbonyl (C=O) groups excluding carboxylic acids is 2. The van der Waals surface area contributed by atoms with Gasteiger partial charge in [-0.2, -0.15) is 0 Å². The van der Waals surface area contributed by atoms with Crippen molar-refractivity contribution in [1.29, 1.82) is 0 Å². The first-order valence-corrected chi connectivity index (χ1v) is 7.84. The maximum atomic E-state index is 12.3. The first-order chi connectivity index (χ1) is 11.0. The number of hydrogen-bond donors (Lipinski definition) is 1. The molecule has 0 aliphatic carbocycles. The van der Waals surface area contributed by atoms with Crippen LogP contribution in [0, 0.1) is 0 Å². The van der Waals surface area contributed by atoms with Crippen LogP contribution >= 0.6 is 0 Å². The summed E-state index contributed by atoms with van der Waals surface area (Å²) in [5.41, 5.74) is 2.19. The first-order valence-electron chi connectivity index (χ1n) is 7.84. The van der Waals surface area contributed by atoms with Crippen LogP contribution in [0.1, 0.15) is 37.4 Å². The van der Waals surface area contributed by atoms with Crippen LogP contribution in [0.4, 0.5) is 0 Å². The van der Waals surface area contributed by atoms with Crippen LogP contribution in [0.25, 0.3) is 0 Å². The summed E-state index contributed by atoms with van der Waals surface area (Å²) in [5, 5.41) is 10.1. The van der Waals surface area contributed by atoms with Gasteiger partial charge >= 0.3 is 0 Å². The van der Waals surface area contributed by atoms with Crippen LogP contribution in [0.3, 0.4) is 0 Å². The summed E-state index contributed by atoms with van der Waals surface area (Å²) in [4.78, 5) is 25.9. The van der Waals surface area contributed by atoms with E-state index in [2.05, 4.69) is 6.92 Å². The predicted octanol–water partition coefficient (Wildman–Crippen LogP) is 2.57. The molecule has 1 aromatic carbocycles. The lowest BCUT2D eigenvalue weighted by Gasteiger charge is -2.26. The van der Waals surface area contributed by atoms with Crippen LogP contribution in [0.15, 0.2) is 35.6 Å². The van der Waals surface area contributed by atoms with Crippen LogP contribution in [-0.2, 0) is 20.7 Å². The van der Waals surface area contributed by atoms with E-state index in [1.54, 1.807) is 12.0 Å². The molecule has 1 amide bonds. The summed E-state index contributed by atoms with van der Waals surface area (Å²) in [7, 11) is 1.60. The van der Waals surface area contributed by atoms with Gasteiger partial charge in [-0.1, -0.05) is 31.2 Å². The average molecular weight is 317 g/mol. The molecule has 0 fully saturated rings. The molecule has 0 saturated heterocycles. The fraction of sp³-hybridized carbons (Fsp3) is 0.444. The molecule has 0 unspecified atom stereocenters. The highest BCUT2D eigenvalue weighted by molar-refractivity contribution is 6.08. The number of aryl methyl sites for hydroxylation is 1. The Morgan fingerprint density at radius 2 is 1.96 bits per heavy atom. The summed E-state index contributed by atoms with van der Waals surface area (Å²) in [6, 6.07) is 7.28. The second kappa shape index (κ2) is 7.42. The van der Waals surface area contributed by atoms with E-state index in [1.165, 1.54) is 12.5 Å². The molecule has 124 valence electrons. The molecule has 0 aromatic heterocycles. The molecular formula is C18H23NO4. The molecule has 1 aliphatic heterocycles. The van der Waals surface area contributed by atoms with E-state index in [4.69, 9.17) is 4.74 Å². The van der Waals surface area contributed by atoms with Gasteiger partial charge in [-0.15, -0.1) is 0 Å². The third kappa shape index (κ3) is 3.45. The highest BCUT2D eigenvalue weighted by atomic mass is 16.5. The Bertz CT molecular complexity index is 618. The van der Waals surface area contributed by atoms with E-state index in [0.717, 1.165) is 12.0 Å². The van der Waals surface area contributed by atoms with Gasteiger partial charge in [0.05, 0.1) is 11.6 Å². The van der Waals surface area contributed by atoms with Crippen molar-refractivity contribution in [3.8, 4) is 0 Å². The average Bonchev–Trinajstić information content (AvgIpc) is 2.80. The minimum absolute atomic E-state index is 0.177. The highest BCUT2D eigenvalue weighted by Gasteiger charge is 2.41. The Labute approximate surface area is 136 Å². The number of benzene rings is 1. The molecule has 0 radical (unpaired) electrons. The largest absolute Gasteiger partial charge is 0.503 e. The molecule has 1 N–H and O–H groups in total. The molecule has 2 rings (SSSR count). The quantitative estimate of drug-likeness (QED) is 0.785. The predicted molar refractivity (Wildman–Crippen MR) is 87.1 cm³/mol. The number of rotatable bonds is 7. The van der Waals surface area contributed by atoms with Gasteiger partial charge in [0.2, 0.25) is 0 Å². The smallest absolute Gasteiger partial charge is 0.290 e. The molecule has 0 spiro atoms. The fourth-order valence-corrected chi connectivity index (χ4v) is 2.91. The number of hydrogen-bond acceptors (Lipinski definition) is 4. The summed E-state index contributed by atoms with van der Waals surface area (Å²) in [5.74, 6) is -1.20. The Morgan fingerprint density at radius 3 is 2.48 bits per heavy atom. The van der Waals surface area contributed by atoms with E-state index < -0.39 is 17.7 Å². The van der Waals surface area contributed by atoms with E-state index in [1.807, 2.05) is 24.3 Å². The van der Waals surface area contributed by atoms with Gasteiger partial charge in [-0.25, -0.2) is 0 Å². The van der Waals surface area contributed by atoms with E-state index in [0.29, 0.717) is 19.6 Å². The van der Waals surface area contributed by atoms with E-state index in [9.17, 15) is 14.7 Å². The van der Waals surface area contributed by atoms with Crippen molar-refractivity contribution in [3.63, 3.8) is 0 Å². The molecule has 5 nitrogen and oxygen atoms in total. The number of carbonyl (C=O) groups is 2. The summed E-state index contributed by atoms with van der Waals surface area (Å²) in [6.07, 6.45) is 1.56. The van der Waals surface area contributed by atoms with E-state index >= 15 is 0 Å². The Kier molecular flexibility index (Phi) is 5.55. The van der Waals surface area contributed by atoms with Crippen molar-refractivity contribution in [2.75, 3.05) is 20.3 Å². The third-order valence-electron chi connectivity index (χ3n) is 4.13. The zero-order chi connectivity index (χ0) is 17.0. The standard InChI is InChI=1S/C18H23NO4/c1-4-13-6-8-14(9-7-13)16-15(12(2)20)17(21)18(22)19(16)10-5-11-23-3/h6-9,16,21H,4-5,10-11H2,1-3H3/t16-/m1/s1. The van der Waals surface area contributed by atoms with Gasteiger partial charge in [0.15, 0.2) is 11.5 Å². The Balaban J connectivity index is 2.38. The number of ether oxygens (including phenoxy) is 1. The fourth-order valence-electron chi connectivity index (χ4n) is 2.91. The first kappa shape index (κ1) is 17.2. The monoisotopic (exact) mass is 317 g/mol. The minimum Gasteiger partial charge on any atom is -0.503 e. The Hall–Kier alpha value is -2.14. The third-order valence-corrected chi connectivity index (χ3v) is 4.13. The van der Waals surface area contributed by atoms with Crippen LogP contribution < -0.4 is 0 Å². The van der Waals surface area contributed by atoms with Gasteiger partial charge in [-0.05, 0) is 30.9 Å². The molecule has 5 heteroatoms. The maximum absolute atomic E-state index is 12.3. The number of methoxy groups -OCH3 is 1. The van der Waals surface area contributed by atoms with Crippen molar-refractivity contribution in [2.45, 2.75) is 32.7 Å². The molecule has 0 saturated carbocycles. The van der Waals surface area contributed by atoms with E-state index in [-0.39, 0.29) is 11.4 Å². The number of ketones is 1.